The van der Waals surface area contributed by atoms with E-state index in [1.807, 2.05) is 0 Å². The van der Waals surface area contributed by atoms with Crippen molar-refractivity contribution in [1.29, 1.82) is 0 Å². The van der Waals surface area contributed by atoms with E-state index < -0.39 is 29.0 Å². The second-order valence-corrected chi connectivity index (χ2v) is 3.50. The Morgan fingerprint density at radius 2 is 1.87 bits per heavy atom. The molecule has 0 aliphatic carbocycles. The predicted molar refractivity (Wildman–Crippen MR) is 47.6 cm³/mol. The Hall–Kier alpha value is -1.11. The number of carbonyl (C=O) groups excluding carboxylic acids is 1. The highest BCUT2D eigenvalue weighted by Gasteiger charge is 2.36. The second-order valence-electron chi connectivity index (χ2n) is 2.65. The third-order valence-corrected chi connectivity index (χ3v) is 2.26. The minimum atomic E-state index is -4.81. The van der Waals surface area contributed by atoms with E-state index in [4.69, 9.17) is 0 Å². The molecule has 0 unspecified atom stereocenters. The zero-order valence-electron chi connectivity index (χ0n) is 7.03. The summed E-state index contributed by atoms with van der Waals surface area (Å²) >= 11 is 2.67. The maximum Gasteiger partial charge on any atom is 0.417 e. The Morgan fingerprint density at radius 1 is 1.33 bits per heavy atom. The van der Waals surface area contributed by atoms with Gasteiger partial charge in [-0.05, 0) is 28.1 Å². The Balaban J connectivity index is 3.55. The Morgan fingerprint density at radius 3 is 2.27 bits per heavy atom. The first-order valence-corrected chi connectivity index (χ1v) is 4.39. The summed E-state index contributed by atoms with van der Waals surface area (Å²) in [6, 6.07) is 1.46. The van der Waals surface area contributed by atoms with Crippen LogP contribution < -0.4 is 5.73 Å². The topological polar surface area (TPSA) is 43.1 Å². The quantitative estimate of drug-likeness (QED) is 0.792. The summed E-state index contributed by atoms with van der Waals surface area (Å²) in [4.78, 5) is 10.7. The molecule has 7 heteroatoms. The maximum atomic E-state index is 13.2. The van der Waals surface area contributed by atoms with Gasteiger partial charge in [-0.3, -0.25) is 4.79 Å². The first-order chi connectivity index (χ1) is 6.75. The molecule has 2 N–H and O–H groups in total. The molecule has 0 saturated heterocycles. The van der Waals surface area contributed by atoms with Crippen LogP contribution in [0.25, 0.3) is 0 Å². The Bertz CT molecular complexity index is 416. The molecule has 0 bridgehead atoms. The fourth-order valence-electron chi connectivity index (χ4n) is 1.03. The van der Waals surface area contributed by atoms with Crippen LogP contribution in [0.3, 0.4) is 0 Å². The third-order valence-electron chi connectivity index (χ3n) is 1.65. The van der Waals surface area contributed by atoms with E-state index >= 15 is 0 Å². The highest BCUT2D eigenvalue weighted by atomic mass is 79.9. The fraction of sp³-hybridized carbons (Fsp3) is 0.125. The van der Waals surface area contributed by atoms with Crippen LogP contribution in [0, 0.1) is 5.82 Å². The minimum Gasteiger partial charge on any atom is -0.365 e. The number of benzene rings is 1. The zero-order chi connectivity index (χ0) is 11.8. The molecule has 0 radical (unpaired) electrons. The summed E-state index contributed by atoms with van der Waals surface area (Å²) in [7, 11) is 0. The number of hydrogen-bond acceptors (Lipinski definition) is 1. The summed E-state index contributed by atoms with van der Waals surface area (Å²) < 4.78 is 49.9. The highest BCUT2D eigenvalue weighted by molar-refractivity contribution is 9.10. The smallest absolute Gasteiger partial charge is 0.365 e. The van der Waals surface area contributed by atoms with E-state index in [0.29, 0.717) is 6.07 Å². The molecule has 2 nitrogen and oxygen atoms in total. The monoisotopic (exact) mass is 285 g/mol. The molecule has 1 amide bonds. The van der Waals surface area contributed by atoms with Crippen molar-refractivity contribution < 1.29 is 22.4 Å². The average Bonchev–Trinajstić information content (AvgIpc) is 2.06. The molecule has 0 atom stereocenters. The van der Waals surface area contributed by atoms with Gasteiger partial charge in [0.05, 0.1) is 15.6 Å². The van der Waals surface area contributed by atoms with Crippen LogP contribution in [-0.2, 0) is 6.18 Å². The van der Waals surface area contributed by atoms with Crippen molar-refractivity contribution in [2.45, 2.75) is 6.18 Å². The zero-order valence-corrected chi connectivity index (χ0v) is 8.62. The van der Waals surface area contributed by atoms with Gasteiger partial charge >= 0.3 is 6.18 Å². The first-order valence-electron chi connectivity index (χ1n) is 3.60. The molecule has 0 aliphatic heterocycles. The first kappa shape index (κ1) is 12.0. The van der Waals surface area contributed by atoms with Gasteiger partial charge in [-0.15, -0.1) is 0 Å². The van der Waals surface area contributed by atoms with Crippen LogP contribution >= 0.6 is 15.9 Å². The van der Waals surface area contributed by atoms with Crippen molar-refractivity contribution in [3.8, 4) is 0 Å². The molecule has 0 aromatic heterocycles. The summed E-state index contributed by atoms with van der Waals surface area (Å²) in [6.45, 7) is 0. The largest absolute Gasteiger partial charge is 0.417 e. The molecular formula is C8H4BrF4NO. The molecule has 82 valence electrons. The molecule has 0 heterocycles. The summed E-state index contributed by atoms with van der Waals surface area (Å²) in [6.07, 6.45) is -4.81. The van der Waals surface area contributed by atoms with Crippen molar-refractivity contribution >= 4 is 21.8 Å². The number of hydrogen-bond donors (Lipinski definition) is 1. The van der Waals surface area contributed by atoms with Crippen LogP contribution in [-0.4, -0.2) is 5.91 Å². The number of alkyl halides is 3. The molecule has 15 heavy (non-hydrogen) atoms. The summed E-state index contributed by atoms with van der Waals surface area (Å²) in [5.74, 6) is -2.77. The van der Waals surface area contributed by atoms with Crippen LogP contribution in [0.5, 0.6) is 0 Å². The standard InChI is InChI=1S/C8H4BrF4NO/c9-4-2-1-3(8(11,12)13)5(6(4)10)7(14)15/h1-2H,(H2,14,15). The van der Waals surface area contributed by atoms with Gasteiger partial charge in [0.25, 0.3) is 5.91 Å². The SMILES string of the molecule is NC(=O)c1c(C(F)(F)F)ccc(Br)c1F. The number of carbonyl (C=O) groups is 1. The minimum absolute atomic E-state index is 0.246. The van der Waals surface area contributed by atoms with Crippen LogP contribution in [0.2, 0.25) is 0 Å². The second kappa shape index (κ2) is 3.80. The average molecular weight is 286 g/mol. The summed E-state index contributed by atoms with van der Waals surface area (Å²) in [5, 5.41) is 0. The molecular weight excluding hydrogens is 282 g/mol. The van der Waals surface area contributed by atoms with E-state index in [1.165, 1.54) is 0 Å². The Labute approximate surface area is 90.2 Å². The van der Waals surface area contributed by atoms with E-state index in [1.54, 1.807) is 0 Å². The molecule has 1 aromatic rings. The molecule has 0 saturated carbocycles. The number of nitrogens with two attached hydrogens (primary N) is 1. The van der Waals surface area contributed by atoms with Gasteiger partial charge in [0.2, 0.25) is 0 Å². The van der Waals surface area contributed by atoms with Crippen LogP contribution in [0.1, 0.15) is 15.9 Å². The van der Waals surface area contributed by atoms with Crippen molar-refractivity contribution in [2.24, 2.45) is 5.73 Å². The van der Waals surface area contributed by atoms with Crippen LogP contribution in [0.15, 0.2) is 16.6 Å². The number of amides is 1. The van der Waals surface area contributed by atoms with E-state index in [-0.39, 0.29) is 4.47 Å². The summed E-state index contributed by atoms with van der Waals surface area (Å²) in [5.41, 5.74) is 2.15. The molecule has 1 rings (SSSR count). The van der Waals surface area contributed by atoms with Gasteiger partial charge in [0, 0.05) is 0 Å². The van der Waals surface area contributed by atoms with E-state index in [0.717, 1.165) is 6.07 Å². The van der Waals surface area contributed by atoms with Gasteiger partial charge < -0.3 is 5.73 Å². The Kier molecular flexibility index (Phi) is 3.03. The van der Waals surface area contributed by atoms with E-state index in [9.17, 15) is 22.4 Å². The van der Waals surface area contributed by atoms with Crippen molar-refractivity contribution in [3.05, 3.63) is 33.5 Å². The fourth-order valence-corrected chi connectivity index (χ4v) is 1.36. The van der Waals surface area contributed by atoms with Crippen molar-refractivity contribution in [3.63, 3.8) is 0 Å². The lowest BCUT2D eigenvalue weighted by Gasteiger charge is -2.11. The lowest BCUT2D eigenvalue weighted by Crippen LogP contribution is -2.20. The van der Waals surface area contributed by atoms with Gasteiger partial charge in [0.15, 0.2) is 5.82 Å². The van der Waals surface area contributed by atoms with Gasteiger partial charge in [-0.1, -0.05) is 0 Å². The molecule has 0 fully saturated rings. The van der Waals surface area contributed by atoms with Crippen molar-refractivity contribution in [1.82, 2.24) is 0 Å². The predicted octanol–water partition coefficient (Wildman–Crippen LogP) is 2.71. The lowest BCUT2D eigenvalue weighted by molar-refractivity contribution is -0.138. The van der Waals surface area contributed by atoms with Crippen molar-refractivity contribution in [2.75, 3.05) is 0 Å². The maximum absolute atomic E-state index is 13.2. The van der Waals surface area contributed by atoms with E-state index in [2.05, 4.69) is 21.7 Å². The molecule has 1 aromatic carbocycles. The third kappa shape index (κ3) is 2.28. The highest BCUT2D eigenvalue weighted by Crippen LogP contribution is 2.34. The van der Waals surface area contributed by atoms with Gasteiger partial charge in [-0.2, -0.15) is 13.2 Å². The molecule has 0 aliphatic rings. The number of halogens is 5. The molecule has 0 spiro atoms. The van der Waals surface area contributed by atoms with Gasteiger partial charge in [0.1, 0.15) is 0 Å². The number of rotatable bonds is 1. The lowest BCUT2D eigenvalue weighted by atomic mass is 10.1. The number of primary amides is 1. The van der Waals surface area contributed by atoms with Gasteiger partial charge in [-0.25, -0.2) is 4.39 Å². The van der Waals surface area contributed by atoms with Crippen LogP contribution in [0.4, 0.5) is 17.6 Å². The normalized spacial score (nSPS) is 11.5.